The fraction of sp³-hybridized carbons (Fsp3) is 0.562. The van der Waals surface area contributed by atoms with Crippen molar-refractivity contribution in [3.05, 3.63) is 35.9 Å². The number of hydrogen-bond donors (Lipinski definition) is 0. The standard InChI is InChI=1S/C16H24N6O/c1-13-8-18-22(10-13)14(2)16(23)21-6-4-20(5-7-21)12-15-9-17-19(3)11-15/h8-11,14H,4-7,12H2,1-3H3. The number of nitrogens with zero attached hydrogens (tertiary/aromatic N) is 6. The van der Waals surface area contributed by atoms with Gasteiger partial charge in [-0.3, -0.25) is 19.1 Å². The highest BCUT2D eigenvalue weighted by molar-refractivity contribution is 5.80. The lowest BCUT2D eigenvalue weighted by Crippen LogP contribution is -2.49. The molecule has 1 saturated heterocycles. The van der Waals surface area contributed by atoms with E-state index < -0.39 is 0 Å². The molecule has 7 nitrogen and oxygen atoms in total. The topological polar surface area (TPSA) is 59.2 Å². The number of carbonyl (C=O) groups excluding carboxylic acids is 1. The van der Waals surface area contributed by atoms with Gasteiger partial charge in [0.15, 0.2) is 0 Å². The average molecular weight is 316 g/mol. The van der Waals surface area contributed by atoms with Crippen molar-refractivity contribution < 1.29 is 4.79 Å². The maximum Gasteiger partial charge on any atom is 0.247 e. The van der Waals surface area contributed by atoms with Gasteiger partial charge in [0, 0.05) is 57.7 Å². The van der Waals surface area contributed by atoms with Crippen molar-refractivity contribution in [2.75, 3.05) is 26.2 Å². The van der Waals surface area contributed by atoms with E-state index in [1.165, 1.54) is 5.56 Å². The third-order valence-corrected chi connectivity index (χ3v) is 4.33. The van der Waals surface area contributed by atoms with Gasteiger partial charge in [-0.2, -0.15) is 10.2 Å². The fourth-order valence-electron chi connectivity index (χ4n) is 2.96. The quantitative estimate of drug-likeness (QED) is 0.838. The molecule has 1 aliphatic rings. The second-order valence-electron chi connectivity index (χ2n) is 6.30. The summed E-state index contributed by atoms with van der Waals surface area (Å²) in [6, 6.07) is -0.242. The molecule has 2 aromatic rings. The van der Waals surface area contributed by atoms with Gasteiger partial charge in [-0.05, 0) is 19.4 Å². The summed E-state index contributed by atoms with van der Waals surface area (Å²) >= 11 is 0. The molecule has 1 unspecified atom stereocenters. The first kappa shape index (κ1) is 15.7. The van der Waals surface area contributed by atoms with Gasteiger partial charge in [0.25, 0.3) is 0 Å². The molecule has 3 rings (SSSR count). The van der Waals surface area contributed by atoms with E-state index in [0.717, 1.165) is 38.3 Å². The SMILES string of the molecule is Cc1cnn(C(C)C(=O)N2CCN(Cc3cnn(C)c3)CC2)c1. The number of carbonyl (C=O) groups is 1. The Morgan fingerprint density at radius 2 is 1.91 bits per heavy atom. The molecular formula is C16H24N6O. The first-order valence-corrected chi connectivity index (χ1v) is 8.02. The highest BCUT2D eigenvalue weighted by Crippen LogP contribution is 2.14. The van der Waals surface area contributed by atoms with Crippen LogP contribution in [0.3, 0.4) is 0 Å². The summed E-state index contributed by atoms with van der Waals surface area (Å²) in [4.78, 5) is 16.9. The van der Waals surface area contributed by atoms with Gasteiger partial charge >= 0.3 is 0 Å². The Labute approximate surface area is 136 Å². The van der Waals surface area contributed by atoms with Crippen LogP contribution in [0.1, 0.15) is 24.1 Å². The predicted octanol–water partition coefficient (Wildman–Crippen LogP) is 0.830. The molecule has 0 aliphatic carbocycles. The van der Waals surface area contributed by atoms with Crippen molar-refractivity contribution in [1.82, 2.24) is 29.4 Å². The molecule has 0 N–H and O–H groups in total. The molecular weight excluding hydrogens is 292 g/mol. The van der Waals surface area contributed by atoms with Gasteiger partial charge in [0.1, 0.15) is 6.04 Å². The van der Waals surface area contributed by atoms with E-state index >= 15 is 0 Å². The van der Waals surface area contributed by atoms with Crippen LogP contribution in [0.4, 0.5) is 0 Å². The molecule has 7 heteroatoms. The third kappa shape index (κ3) is 3.61. The highest BCUT2D eigenvalue weighted by Gasteiger charge is 2.26. The maximum absolute atomic E-state index is 12.6. The number of piperazine rings is 1. The first-order chi connectivity index (χ1) is 11.0. The Morgan fingerprint density at radius 1 is 1.17 bits per heavy atom. The molecule has 23 heavy (non-hydrogen) atoms. The monoisotopic (exact) mass is 316 g/mol. The zero-order valence-corrected chi connectivity index (χ0v) is 14.0. The van der Waals surface area contributed by atoms with Crippen LogP contribution in [0.2, 0.25) is 0 Å². The van der Waals surface area contributed by atoms with E-state index in [4.69, 9.17) is 0 Å². The highest BCUT2D eigenvalue weighted by atomic mass is 16.2. The Kier molecular flexibility index (Phi) is 4.47. The van der Waals surface area contributed by atoms with Crippen LogP contribution in [0.25, 0.3) is 0 Å². The third-order valence-electron chi connectivity index (χ3n) is 4.33. The predicted molar refractivity (Wildman–Crippen MR) is 86.7 cm³/mol. The minimum absolute atomic E-state index is 0.147. The normalized spacial score (nSPS) is 17.4. The van der Waals surface area contributed by atoms with Crippen molar-refractivity contribution in [1.29, 1.82) is 0 Å². The van der Waals surface area contributed by atoms with E-state index in [1.807, 2.05) is 49.1 Å². The second kappa shape index (κ2) is 6.54. The van der Waals surface area contributed by atoms with Crippen LogP contribution >= 0.6 is 0 Å². The van der Waals surface area contributed by atoms with Crippen LogP contribution in [0.15, 0.2) is 24.8 Å². The van der Waals surface area contributed by atoms with E-state index in [1.54, 1.807) is 10.9 Å². The summed E-state index contributed by atoms with van der Waals surface area (Å²) in [5.74, 6) is 0.147. The molecule has 3 heterocycles. The summed E-state index contributed by atoms with van der Waals surface area (Å²) < 4.78 is 3.57. The fourth-order valence-corrected chi connectivity index (χ4v) is 2.96. The van der Waals surface area contributed by atoms with Crippen molar-refractivity contribution in [3.63, 3.8) is 0 Å². The molecule has 1 fully saturated rings. The molecule has 1 atom stereocenters. The van der Waals surface area contributed by atoms with Gasteiger partial charge in [-0.15, -0.1) is 0 Å². The minimum Gasteiger partial charge on any atom is -0.338 e. The molecule has 124 valence electrons. The molecule has 1 amide bonds. The van der Waals surface area contributed by atoms with Crippen LogP contribution in [-0.4, -0.2) is 61.4 Å². The smallest absolute Gasteiger partial charge is 0.247 e. The number of aryl methyl sites for hydroxylation is 2. The zero-order chi connectivity index (χ0) is 16.4. The number of aromatic nitrogens is 4. The first-order valence-electron chi connectivity index (χ1n) is 8.02. The van der Waals surface area contributed by atoms with Gasteiger partial charge in [0.2, 0.25) is 5.91 Å². The van der Waals surface area contributed by atoms with E-state index in [2.05, 4.69) is 15.1 Å². The van der Waals surface area contributed by atoms with Crippen LogP contribution < -0.4 is 0 Å². The van der Waals surface area contributed by atoms with Crippen LogP contribution in [0, 0.1) is 6.92 Å². The van der Waals surface area contributed by atoms with Crippen LogP contribution in [-0.2, 0) is 18.4 Å². The van der Waals surface area contributed by atoms with Crippen molar-refractivity contribution in [2.45, 2.75) is 26.4 Å². The van der Waals surface area contributed by atoms with E-state index in [0.29, 0.717) is 0 Å². The van der Waals surface area contributed by atoms with Crippen LogP contribution in [0.5, 0.6) is 0 Å². The van der Waals surface area contributed by atoms with Crippen molar-refractivity contribution in [3.8, 4) is 0 Å². The summed E-state index contributed by atoms with van der Waals surface area (Å²) in [7, 11) is 1.93. The number of hydrogen-bond acceptors (Lipinski definition) is 4. The van der Waals surface area contributed by atoms with Gasteiger partial charge < -0.3 is 4.90 Å². The average Bonchev–Trinajstić information content (AvgIpc) is 3.15. The lowest BCUT2D eigenvalue weighted by molar-refractivity contribution is -0.136. The van der Waals surface area contributed by atoms with Gasteiger partial charge in [0.05, 0.1) is 12.4 Å². The zero-order valence-electron chi connectivity index (χ0n) is 14.0. The number of rotatable bonds is 4. The van der Waals surface area contributed by atoms with E-state index in [9.17, 15) is 4.79 Å². The summed E-state index contributed by atoms with van der Waals surface area (Å²) in [6.07, 6.45) is 7.65. The molecule has 2 aromatic heterocycles. The lowest BCUT2D eigenvalue weighted by atomic mass is 10.2. The maximum atomic E-state index is 12.6. The van der Waals surface area contributed by atoms with Crippen molar-refractivity contribution in [2.24, 2.45) is 7.05 Å². The Balaban J connectivity index is 1.53. The largest absolute Gasteiger partial charge is 0.338 e. The Bertz CT molecular complexity index is 668. The second-order valence-corrected chi connectivity index (χ2v) is 6.30. The lowest BCUT2D eigenvalue weighted by Gasteiger charge is -2.35. The Hall–Kier alpha value is -2.15. The molecule has 0 spiro atoms. The molecule has 0 radical (unpaired) electrons. The van der Waals surface area contributed by atoms with Gasteiger partial charge in [-0.25, -0.2) is 0 Å². The number of amides is 1. The summed E-state index contributed by atoms with van der Waals surface area (Å²) in [6.45, 7) is 8.11. The summed E-state index contributed by atoms with van der Waals surface area (Å²) in [5, 5.41) is 8.45. The molecule has 0 bridgehead atoms. The van der Waals surface area contributed by atoms with E-state index in [-0.39, 0.29) is 11.9 Å². The molecule has 0 aromatic carbocycles. The summed E-state index contributed by atoms with van der Waals surface area (Å²) in [5.41, 5.74) is 2.29. The molecule has 0 saturated carbocycles. The molecule has 1 aliphatic heterocycles. The minimum atomic E-state index is -0.242. The Morgan fingerprint density at radius 3 is 2.48 bits per heavy atom. The van der Waals surface area contributed by atoms with Crippen molar-refractivity contribution >= 4 is 5.91 Å². The van der Waals surface area contributed by atoms with Gasteiger partial charge in [-0.1, -0.05) is 0 Å².